The van der Waals surface area contributed by atoms with Crippen LogP contribution < -0.4 is 10.1 Å². The molecule has 0 aliphatic carbocycles. The number of carbonyl (C=O) groups is 2. The number of methoxy groups -OCH3 is 2. The van der Waals surface area contributed by atoms with Crippen LogP contribution in [0.1, 0.15) is 21.5 Å². The Morgan fingerprint density at radius 2 is 1.83 bits per heavy atom. The van der Waals surface area contributed by atoms with Crippen LogP contribution in [0.2, 0.25) is 0 Å². The molecule has 0 spiro atoms. The molecular weight excluding hydrogens is 306 g/mol. The molecule has 1 heterocycles. The van der Waals surface area contributed by atoms with E-state index in [9.17, 15) is 9.59 Å². The van der Waals surface area contributed by atoms with E-state index in [-0.39, 0.29) is 5.91 Å². The predicted octanol–water partition coefficient (Wildman–Crippen LogP) is 2.14. The van der Waals surface area contributed by atoms with Crippen LogP contribution in [-0.4, -0.2) is 31.6 Å². The van der Waals surface area contributed by atoms with Gasteiger partial charge in [-0.2, -0.15) is 0 Å². The second-order valence-electron chi connectivity index (χ2n) is 5.89. The summed E-state index contributed by atoms with van der Waals surface area (Å²) >= 11 is 0. The number of amides is 1. The van der Waals surface area contributed by atoms with Crippen LogP contribution in [0.4, 0.5) is 0 Å². The van der Waals surface area contributed by atoms with Gasteiger partial charge < -0.3 is 14.8 Å². The van der Waals surface area contributed by atoms with Crippen LogP contribution >= 0.6 is 0 Å². The van der Waals surface area contributed by atoms with Crippen LogP contribution in [-0.2, 0) is 22.4 Å². The molecule has 5 heteroatoms. The molecule has 0 bridgehead atoms. The Morgan fingerprint density at radius 1 is 1.12 bits per heavy atom. The van der Waals surface area contributed by atoms with Crippen LogP contribution in [0.15, 0.2) is 48.5 Å². The maximum Gasteiger partial charge on any atom is 0.332 e. The van der Waals surface area contributed by atoms with Gasteiger partial charge >= 0.3 is 5.97 Å². The Balaban J connectivity index is 1.97. The number of rotatable bonds is 4. The van der Waals surface area contributed by atoms with Crippen molar-refractivity contribution in [2.45, 2.75) is 18.4 Å². The lowest BCUT2D eigenvalue weighted by Crippen LogP contribution is -2.60. The lowest BCUT2D eigenvalue weighted by Gasteiger charge is -2.36. The predicted molar refractivity (Wildman–Crippen MR) is 89.1 cm³/mol. The van der Waals surface area contributed by atoms with Crippen molar-refractivity contribution < 1.29 is 19.1 Å². The van der Waals surface area contributed by atoms with Crippen molar-refractivity contribution in [3.05, 3.63) is 65.2 Å². The maximum absolute atomic E-state index is 12.5. The van der Waals surface area contributed by atoms with E-state index in [2.05, 4.69) is 5.32 Å². The van der Waals surface area contributed by atoms with Gasteiger partial charge in [-0.3, -0.25) is 4.79 Å². The van der Waals surface area contributed by atoms with E-state index in [1.54, 1.807) is 13.2 Å². The van der Waals surface area contributed by atoms with Crippen molar-refractivity contribution in [2.75, 3.05) is 14.2 Å². The summed E-state index contributed by atoms with van der Waals surface area (Å²) in [5.41, 5.74) is 1.27. The van der Waals surface area contributed by atoms with Crippen LogP contribution in [0, 0.1) is 0 Å². The first-order valence-electron chi connectivity index (χ1n) is 7.70. The molecule has 1 atom stereocenters. The third-order valence-corrected chi connectivity index (χ3v) is 4.35. The van der Waals surface area contributed by atoms with Gasteiger partial charge in [0.15, 0.2) is 0 Å². The van der Waals surface area contributed by atoms with Gasteiger partial charge in [-0.25, -0.2) is 4.79 Å². The van der Waals surface area contributed by atoms with Gasteiger partial charge in [0, 0.05) is 18.4 Å². The number of benzene rings is 2. The molecule has 0 saturated heterocycles. The van der Waals surface area contributed by atoms with E-state index in [0.29, 0.717) is 18.4 Å². The molecular formula is C19H19NO4. The number of hydrogen-bond acceptors (Lipinski definition) is 4. The Labute approximate surface area is 140 Å². The number of carbonyl (C=O) groups excluding carboxylic acids is 2. The second-order valence-corrected chi connectivity index (χ2v) is 5.89. The number of esters is 1. The number of nitrogens with one attached hydrogen (secondary N) is 1. The maximum atomic E-state index is 12.5. The van der Waals surface area contributed by atoms with E-state index in [0.717, 1.165) is 16.9 Å². The first-order chi connectivity index (χ1) is 11.6. The first kappa shape index (κ1) is 16.1. The molecule has 1 amide bonds. The Bertz CT molecular complexity index is 769. The van der Waals surface area contributed by atoms with Crippen LogP contribution in [0.25, 0.3) is 0 Å². The monoisotopic (exact) mass is 325 g/mol. The molecule has 0 saturated carbocycles. The molecule has 1 aliphatic heterocycles. The second kappa shape index (κ2) is 6.35. The normalized spacial score (nSPS) is 19.2. The third kappa shape index (κ3) is 2.85. The summed E-state index contributed by atoms with van der Waals surface area (Å²) < 4.78 is 10.2. The SMILES string of the molecule is COC(=O)C1(Cc2ccc(OC)cc2)Cc2ccccc2C(=O)N1. The summed E-state index contributed by atoms with van der Waals surface area (Å²) in [6.07, 6.45) is 0.747. The van der Waals surface area contributed by atoms with Gasteiger partial charge in [-0.1, -0.05) is 30.3 Å². The van der Waals surface area contributed by atoms with E-state index < -0.39 is 11.5 Å². The molecule has 2 aromatic carbocycles. The van der Waals surface area contributed by atoms with Crippen molar-refractivity contribution >= 4 is 11.9 Å². The lowest BCUT2D eigenvalue weighted by molar-refractivity contribution is -0.148. The number of hydrogen-bond donors (Lipinski definition) is 1. The first-order valence-corrected chi connectivity index (χ1v) is 7.70. The molecule has 1 N–H and O–H groups in total. The largest absolute Gasteiger partial charge is 0.497 e. The van der Waals surface area contributed by atoms with Gasteiger partial charge in [0.2, 0.25) is 0 Å². The summed E-state index contributed by atoms with van der Waals surface area (Å²) in [5, 5.41) is 2.87. The zero-order valence-corrected chi connectivity index (χ0v) is 13.7. The Kier molecular flexibility index (Phi) is 4.25. The van der Waals surface area contributed by atoms with Gasteiger partial charge in [-0.05, 0) is 29.3 Å². The van der Waals surface area contributed by atoms with Crippen LogP contribution in [0.5, 0.6) is 5.75 Å². The molecule has 0 radical (unpaired) electrons. The molecule has 1 unspecified atom stereocenters. The molecule has 2 aromatic rings. The summed E-state index contributed by atoms with van der Waals surface area (Å²) in [6, 6.07) is 14.8. The highest BCUT2D eigenvalue weighted by Crippen LogP contribution is 2.28. The van der Waals surface area contributed by atoms with E-state index >= 15 is 0 Å². The van der Waals surface area contributed by atoms with Gasteiger partial charge in [0.25, 0.3) is 5.91 Å². The highest BCUT2D eigenvalue weighted by Gasteiger charge is 2.45. The minimum absolute atomic E-state index is 0.254. The summed E-state index contributed by atoms with van der Waals surface area (Å²) in [7, 11) is 2.94. The zero-order chi connectivity index (χ0) is 17.2. The van der Waals surface area contributed by atoms with Crippen molar-refractivity contribution in [3.8, 4) is 5.75 Å². The van der Waals surface area contributed by atoms with Crippen molar-refractivity contribution in [2.24, 2.45) is 0 Å². The Morgan fingerprint density at radius 3 is 2.50 bits per heavy atom. The number of fused-ring (bicyclic) bond motifs is 1. The minimum atomic E-state index is -1.10. The summed E-state index contributed by atoms with van der Waals surface area (Å²) in [5.74, 6) is 0.0424. The molecule has 3 rings (SSSR count). The average Bonchev–Trinajstić information content (AvgIpc) is 2.61. The standard InChI is InChI=1S/C19H19NO4/c1-23-15-9-7-13(8-10-15)11-19(18(22)24-2)12-14-5-3-4-6-16(14)17(21)20-19/h3-10H,11-12H2,1-2H3,(H,20,21). The average molecular weight is 325 g/mol. The number of ether oxygens (including phenoxy) is 2. The van der Waals surface area contributed by atoms with E-state index in [1.807, 2.05) is 42.5 Å². The fourth-order valence-electron chi connectivity index (χ4n) is 3.14. The lowest BCUT2D eigenvalue weighted by atomic mass is 9.80. The highest BCUT2D eigenvalue weighted by atomic mass is 16.5. The highest BCUT2D eigenvalue weighted by molar-refractivity contribution is 6.01. The molecule has 0 aromatic heterocycles. The molecule has 124 valence electrons. The smallest absolute Gasteiger partial charge is 0.332 e. The summed E-state index contributed by atoms with van der Waals surface area (Å²) in [4.78, 5) is 25.0. The molecule has 24 heavy (non-hydrogen) atoms. The quantitative estimate of drug-likeness (QED) is 0.875. The van der Waals surface area contributed by atoms with Crippen molar-refractivity contribution in [1.29, 1.82) is 0 Å². The fraction of sp³-hybridized carbons (Fsp3) is 0.263. The zero-order valence-electron chi connectivity index (χ0n) is 13.7. The van der Waals surface area contributed by atoms with E-state index in [1.165, 1.54) is 7.11 Å². The topological polar surface area (TPSA) is 64.6 Å². The molecule has 5 nitrogen and oxygen atoms in total. The molecule has 0 fully saturated rings. The van der Waals surface area contributed by atoms with Gasteiger partial charge in [-0.15, -0.1) is 0 Å². The Hall–Kier alpha value is -2.82. The summed E-state index contributed by atoms with van der Waals surface area (Å²) in [6.45, 7) is 0. The third-order valence-electron chi connectivity index (χ3n) is 4.35. The van der Waals surface area contributed by atoms with Gasteiger partial charge in [0.1, 0.15) is 11.3 Å². The minimum Gasteiger partial charge on any atom is -0.497 e. The van der Waals surface area contributed by atoms with Crippen molar-refractivity contribution in [3.63, 3.8) is 0 Å². The van der Waals surface area contributed by atoms with E-state index in [4.69, 9.17) is 9.47 Å². The molecule has 1 aliphatic rings. The van der Waals surface area contributed by atoms with Gasteiger partial charge in [0.05, 0.1) is 14.2 Å². The van der Waals surface area contributed by atoms with Crippen LogP contribution in [0.3, 0.4) is 0 Å². The fourth-order valence-corrected chi connectivity index (χ4v) is 3.14. The van der Waals surface area contributed by atoms with Crippen molar-refractivity contribution in [1.82, 2.24) is 5.32 Å².